The van der Waals surface area contributed by atoms with E-state index in [1.54, 1.807) is 30.3 Å². The second-order valence-electron chi connectivity index (χ2n) is 8.14. The molecule has 9 nitrogen and oxygen atoms in total. The number of ether oxygens (including phenoxy) is 2. The van der Waals surface area contributed by atoms with Crippen LogP contribution in [0.4, 0.5) is 5.69 Å². The zero-order valence-electron chi connectivity index (χ0n) is 21.0. The van der Waals surface area contributed by atoms with Crippen LogP contribution < -0.4 is 25.5 Å². The van der Waals surface area contributed by atoms with E-state index in [2.05, 4.69) is 21.2 Å². The molecule has 0 bridgehead atoms. The quantitative estimate of drug-likeness (QED) is 0.223. The first kappa shape index (κ1) is 26.9. The molecule has 3 rings (SSSR count). The van der Waals surface area contributed by atoms with Crippen LogP contribution in [0.1, 0.15) is 29.2 Å². The minimum absolute atomic E-state index is 0.175. The van der Waals surface area contributed by atoms with Gasteiger partial charge in [-0.25, -0.2) is 5.43 Å². The second-order valence-corrected chi connectivity index (χ2v) is 8.14. The Bertz CT molecular complexity index is 1270. The highest BCUT2D eigenvalue weighted by molar-refractivity contribution is 6.39. The van der Waals surface area contributed by atoms with Gasteiger partial charge >= 0.3 is 11.8 Å². The third-order valence-corrected chi connectivity index (χ3v) is 5.31. The Morgan fingerprint density at radius 3 is 2.38 bits per heavy atom. The SMILES string of the molecule is CCOc1cc(/C=N\NC(=O)C(=O)Nc2ccc(C)c(C)c2)ccc1OCC(=O)NCc1ccccc1. The van der Waals surface area contributed by atoms with Crippen molar-refractivity contribution in [3.63, 3.8) is 0 Å². The van der Waals surface area contributed by atoms with Crippen molar-refractivity contribution in [1.82, 2.24) is 10.7 Å². The minimum atomic E-state index is -0.902. The molecule has 192 valence electrons. The molecule has 0 heterocycles. The summed E-state index contributed by atoms with van der Waals surface area (Å²) in [5.41, 5.74) is 6.40. The van der Waals surface area contributed by atoms with Gasteiger partial charge < -0.3 is 20.1 Å². The molecule has 3 N–H and O–H groups in total. The summed E-state index contributed by atoms with van der Waals surface area (Å²) in [4.78, 5) is 36.4. The Balaban J connectivity index is 1.52. The van der Waals surface area contributed by atoms with Crippen LogP contribution in [-0.4, -0.2) is 37.1 Å². The fourth-order valence-electron chi connectivity index (χ4n) is 3.21. The molecule has 3 aromatic rings. The van der Waals surface area contributed by atoms with Gasteiger partial charge in [-0.1, -0.05) is 36.4 Å². The lowest BCUT2D eigenvalue weighted by Gasteiger charge is -2.12. The number of carbonyl (C=O) groups excluding carboxylic acids is 3. The molecule has 37 heavy (non-hydrogen) atoms. The maximum Gasteiger partial charge on any atom is 0.329 e. The molecule has 3 aromatic carbocycles. The van der Waals surface area contributed by atoms with Gasteiger partial charge in [-0.05, 0) is 73.4 Å². The number of carbonyl (C=O) groups is 3. The van der Waals surface area contributed by atoms with Crippen molar-refractivity contribution in [3.05, 3.63) is 89.0 Å². The maximum absolute atomic E-state index is 12.2. The first-order valence-corrected chi connectivity index (χ1v) is 11.8. The average molecular weight is 503 g/mol. The number of nitrogens with zero attached hydrogens (tertiary/aromatic N) is 1. The summed E-state index contributed by atoms with van der Waals surface area (Å²) in [6.07, 6.45) is 1.38. The number of hydrazone groups is 1. The summed E-state index contributed by atoms with van der Waals surface area (Å²) < 4.78 is 11.3. The van der Waals surface area contributed by atoms with Gasteiger partial charge in [0.1, 0.15) is 0 Å². The van der Waals surface area contributed by atoms with E-state index in [9.17, 15) is 14.4 Å². The van der Waals surface area contributed by atoms with E-state index in [0.29, 0.717) is 35.9 Å². The average Bonchev–Trinajstić information content (AvgIpc) is 2.89. The van der Waals surface area contributed by atoms with Gasteiger partial charge in [-0.2, -0.15) is 5.10 Å². The standard InChI is InChI=1S/C28H30N4O5/c1-4-36-25-15-22(11-13-24(25)37-18-26(33)29-16-21-8-6-5-7-9-21)17-30-32-28(35)27(34)31-23-12-10-19(2)20(3)14-23/h5-15,17H,4,16,18H2,1-3H3,(H,29,33)(H,31,34)(H,32,35)/b30-17-. The van der Waals surface area contributed by atoms with E-state index in [4.69, 9.17) is 9.47 Å². The molecule has 3 amide bonds. The summed E-state index contributed by atoms with van der Waals surface area (Å²) in [6, 6.07) is 19.9. The highest BCUT2D eigenvalue weighted by atomic mass is 16.5. The lowest BCUT2D eigenvalue weighted by molar-refractivity contribution is -0.136. The zero-order valence-corrected chi connectivity index (χ0v) is 21.0. The number of hydrogen-bond donors (Lipinski definition) is 3. The molecule has 0 spiro atoms. The molecule has 0 radical (unpaired) electrons. The summed E-state index contributed by atoms with van der Waals surface area (Å²) in [6.45, 7) is 6.32. The Kier molecular flexibility index (Phi) is 9.78. The number of rotatable bonds is 10. The molecule has 0 aromatic heterocycles. The van der Waals surface area contributed by atoms with Gasteiger partial charge in [0.25, 0.3) is 5.91 Å². The highest BCUT2D eigenvalue weighted by Crippen LogP contribution is 2.28. The van der Waals surface area contributed by atoms with Crippen LogP contribution in [0, 0.1) is 13.8 Å². The van der Waals surface area contributed by atoms with Gasteiger partial charge in [-0.15, -0.1) is 0 Å². The Morgan fingerprint density at radius 1 is 0.865 bits per heavy atom. The van der Waals surface area contributed by atoms with Crippen molar-refractivity contribution in [2.75, 3.05) is 18.5 Å². The van der Waals surface area contributed by atoms with Crippen molar-refractivity contribution in [2.45, 2.75) is 27.3 Å². The van der Waals surface area contributed by atoms with Crippen LogP contribution in [0.2, 0.25) is 0 Å². The van der Waals surface area contributed by atoms with Crippen molar-refractivity contribution in [1.29, 1.82) is 0 Å². The molecule has 0 aliphatic rings. The summed E-state index contributed by atoms with van der Waals surface area (Å²) in [5.74, 6) is -1.18. The Hall–Kier alpha value is -4.66. The van der Waals surface area contributed by atoms with E-state index in [1.165, 1.54) is 6.21 Å². The van der Waals surface area contributed by atoms with Crippen molar-refractivity contribution in [2.24, 2.45) is 5.10 Å². The van der Waals surface area contributed by atoms with E-state index >= 15 is 0 Å². The number of anilines is 1. The Morgan fingerprint density at radius 2 is 1.65 bits per heavy atom. The maximum atomic E-state index is 12.2. The molecule has 0 aliphatic carbocycles. The van der Waals surface area contributed by atoms with Gasteiger partial charge in [0.15, 0.2) is 18.1 Å². The first-order valence-electron chi connectivity index (χ1n) is 11.8. The molecule has 0 fully saturated rings. The number of hydrogen-bond acceptors (Lipinski definition) is 6. The van der Waals surface area contributed by atoms with Crippen molar-refractivity contribution < 1.29 is 23.9 Å². The largest absolute Gasteiger partial charge is 0.490 e. The summed E-state index contributed by atoms with van der Waals surface area (Å²) >= 11 is 0. The molecule has 9 heteroatoms. The predicted molar refractivity (Wildman–Crippen MR) is 142 cm³/mol. The predicted octanol–water partition coefficient (Wildman–Crippen LogP) is 3.49. The first-order chi connectivity index (χ1) is 17.9. The minimum Gasteiger partial charge on any atom is -0.490 e. The number of nitrogens with one attached hydrogen (secondary N) is 3. The van der Waals surface area contributed by atoms with E-state index < -0.39 is 11.8 Å². The highest BCUT2D eigenvalue weighted by Gasteiger charge is 2.13. The third kappa shape index (κ3) is 8.50. The molecule has 0 aliphatic heterocycles. The van der Waals surface area contributed by atoms with Crippen LogP contribution in [0.3, 0.4) is 0 Å². The lowest BCUT2D eigenvalue weighted by Crippen LogP contribution is -2.32. The third-order valence-electron chi connectivity index (χ3n) is 5.31. The van der Waals surface area contributed by atoms with Gasteiger partial charge in [0, 0.05) is 12.2 Å². The van der Waals surface area contributed by atoms with E-state index in [1.807, 2.05) is 57.2 Å². The Labute approximate surface area is 215 Å². The topological polar surface area (TPSA) is 118 Å². The van der Waals surface area contributed by atoms with Gasteiger partial charge in [0.2, 0.25) is 0 Å². The van der Waals surface area contributed by atoms with Gasteiger partial charge in [0.05, 0.1) is 12.8 Å². The summed E-state index contributed by atoms with van der Waals surface area (Å²) in [5, 5.41) is 9.19. The number of benzene rings is 3. The monoisotopic (exact) mass is 502 g/mol. The fraction of sp³-hybridized carbons (Fsp3) is 0.214. The van der Waals surface area contributed by atoms with E-state index in [0.717, 1.165) is 16.7 Å². The molecular weight excluding hydrogens is 472 g/mol. The molecule has 0 atom stereocenters. The van der Waals surface area contributed by atoms with Crippen molar-refractivity contribution in [3.8, 4) is 11.5 Å². The van der Waals surface area contributed by atoms with Crippen molar-refractivity contribution >= 4 is 29.6 Å². The molecule has 0 saturated heterocycles. The molecular formula is C28H30N4O5. The van der Waals surface area contributed by atoms with Crippen LogP contribution in [0.5, 0.6) is 11.5 Å². The number of aryl methyl sites for hydroxylation is 2. The zero-order chi connectivity index (χ0) is 26.6. The van der Waals surface area contributed by atoms with Crippen LogP contribution in [0.25, 0.3) is 0 Å². The molecule has 0 unspecified atom stereocenters. The van der Waals surface area contributed by atoms with Crippen LogP contribution in [0.15, 0.2) is 71.8 Å². The smallest absolute Gasteiger partial charge is 0.329 e. The van der Waals surface area contributed by atoms with Crippen LogP contribution in [-0.2, 0) is 20.9 Å². The normalized spacial score (nSPS) is 10.6. The van der Waals surface area contributed by atoms with Crippen LogP contribution >= 0.6 is 0 Å². The molecule has 0 saturated carbocycles. The van der Waals surface area contributed by atoms with E-state index in [-0.39, 0.29) is 12.5 Å². The number of amides is 3. The summed E-state index contributed by atoms with van der Waals surface area (Å²) in [7, 11) is 0. The van der Waals surface area contributed by atoms with Gasteiger partial charge in [-0.3, -0.25) is 14.4 Å². The fourth-order valence-corrected chi connectivity index (χ4v) is 3.21. The lowest BCUT2D eigenvalue weighted by atomic mass is 10.1. The second kappa shape index (κ2) is 13.4.